The molecule has 2 atom stereocenters. The third-order valence-electron chi connectivity index (χ3n) is 5.17. The number of thiazole rings is 1. The molecule has 2 unspecified atom stereocenters. The van der Waals surface area contributed by atoms with E-state index in [1.54, 1.807) is 17.6 Å². The number of anilines is 3. The van der Waals surface area contributed by atoms with Crippen molar-refractivity contribution in [3.63, 3.8) is 0 Å². The summed E-state index contributed by atoms with van der Waals surface area (Å²) in [7, 11) is 0. The predicted octanol–water partition coefficient (Wildman–Crippen LogP) is 3.02. The molecule has 1 saturated carbocycles. The van der Waals surface area contributed by atoms with Gasteiger partial charge in [-0.05, 0) is 31.0 Å². The quantitative estimate of drug-likeness (QED) is 0.489. The maximum atomic E-state index is 14.6. The number of carbonyl (C=O) groups is 1. The molecule has 0 aliphatic heterocycles. The molecule has 1 aromatic carbocycles. The van der Waals surface area contributed by atoms with E-state index in [0.717, 1.165) is 16.3 Å². The van der Waals surface area contributed by atoms with Crippen LogP contribution in [0.2, 0.25) is 0 Å². The third-order valence-corrected chi connectivity index (χ3v) is 5.96. The fourth-order valence-corrected chi connectivity index (χ4v) is 4.26. The van der Waals surface area contributed by atoms with Gasteiger partial charge in [0.15, 0.2) is 5.82 Å². The van der Waals surface area contributed by atoms with Gasteiger partial charge in [0.2, 0.25) is 5.82 Å². The number of halogens is 3. The molecule has 1 aliphatic rings. The second kappa shape index (κ2) is 7.73. The summed E-state index contributed by atoms with van der Waals surface area (Å²) in [6, 6.07) is 4.03. The molecule has 2 aromatic heterocycles. The van der Waals surface area contributed by atoms with E-state index in [0.29, 0.717) is 12.1 Å². The molecule has 11 heteroatoms. The highest BCUT2D eigenvalue weighted by atomic mass is 32.1. The summed E-state index contributed by atoms with van der Waals surface area (Å²) in [5.41, 5.74) is 14.1. The number of aromatic nitrogens is 2. The Balaban J connectivity index is 1.66. The molecule has 0 spiro atoms. The normalized spacial score (nSPS) is 20.8. The molecule has 1 amide bonds. The lowest BCUT2D eigenvalue weighted by Gasteiger charge is -2.34. The van der Waals surface area contributed by atoms with Gasteiger partial charge in [-0.3, -0.25) is 15.4 Å². The summed E-state index contributed by atoms with van der Waals surface area (Å²) in [4.78, 5) is 18.8. The third kappa shape index (κ3) is 3.90. The molecule has 1 aliphatic carbocycles. The number of nitrogens with one attached hydrogen (secondary N) is 3. The first kappa shape index (κ1) is 20.4. The molecule has 4 rings (SSSR count). The summed E-state index contributed by atoms with van der Waals surface area (Å²) in [6.07, 6.45) is 0.331. The van der Waals surface area contributed by atoms with Crippen molar-refractivity contribution in [2.75, 3.05) is 10.6 Å². The van der Waals surface area contributed by atoms with Crippen molar-refractivity contribution in [2.24, 2.45) is 11.5 Å². The highest BCUT2D eigenvalue weighted by Crippen LogP contribution is 2.34. The topological polar surface area (TPSA) is 120 Å². The van der Waals surface area contributed by atoms with E-state index < -0.39 is 29.7 Å². The van der Waals surface area contributed by atoms with Crippen LogP contribution in [0.4, 0.5) is 30.5 Å². The molecule has 0 bridgehead atoms. The smallest absolute Gasteiger partial charge is 0.266 e. The lowest BCUT2D eigenvalue weighted by atomic mass is 9.87. The number of primary amides is 1. The Labute approximate surface area is 173 Å². The number of aromatic amines is 1. The average molecular weight is 437 g/mol. The Morgan fingerprint density at radius 2 is 2.10 bits per heavy atom. The fraction of sp³-hybridized carbons (Fsp3) is 0.316. The molecular formula is C19H20F3N6OS+. The van der Waals surface area contributed by atoms with Crippen molar-refractivity contribution in [2.45, 2.75) is 37.3 Å². The number of fused-ring (bicyclic) bond motifs is 1. The van der Waals surface area contributed by atoms with Crippen LogP contribution in [-0.4, -0.2) is 28.9 Å². The summed E-state index contributed by atoms with van der Waals surface area (Å²) >= 11 is 1.44. The first-order chi connectivity index (χ1) is 14.2. The molecule has 0 radical (unpaired) electrons. The van der Waals surface area contributed by atoms with Gasteiger partial charge in [-0.15, -0.1) is 11.3 Å². The van der Waals surface area contributed by atoms with Crippen LogP contribution in [0.15, 0.2) is 29.8 Å². The van der Waals surface area contributed by atoms with Gasteiger partial charge in [0.05, 0.1) is 27.5 Å². The van der Waals surface area contributed by atoms with Crippen LogP contribution >= 0.6 is 11.3 Å². The van der Waals surface area contributed by atoms with Crippen LogP contribution in [0.5, 0.6) is 0 Å². The molecule has 3 aromatic rings. The molecule has 30 heavy (non-hydrogen) atoms. The minimum Gasteiger partial charge on any atom is -0.365 e. The van der Waals surface area contributed by atoms with Crippen molar-refractivity contribution in [3.05, 3.63) is 41.2 Å². The highest BCUT2D eigenvalue weighted by Gasteiger charge is 2.46. The van der Waals surface area contributed by atoms with Crippen molar-refractivity contribution in [1.82, 2.24) is 4.98 Å². The Bertz CT molecular complexity index is 1110. The SMILES string of the molecule is NC(=O)c1cc(F)c(NC2CCCC(F)(F)C2N)[nH+]c1Nc1ccc2ncsc2c1. The van der Waals surface area contributed by atoms with Crippen molar-refractivity contribution in [1.29, 1.82) is 0 Å². The molecule has 1 fully saturated rings. The number of nitrogens with two attached hydrogens (primary N) is 2. The lowest BCUT2D eigenvalue weighted by Crippen LogP contribution is -2.55. The maximum Gasteiger partial charge on any atom is 0.266 e. The number of carbonyl (C=O) groups excluding carboxylic acids is 1. The van der Waals surface area contributed by atoms with E-state index in [1.807, 2.05) is 6.07 Å². The second-order valence-corrected chi connectivity index (χ2v) is 8.12. The number of nitrogens with zero attached hydrogens (tertiary/aromatic N) is 1. The van der Waals surface area contributed by atoms with E-state index in [2.05, 4.69) is 20.6 Å². The molecule has 158 valence electrons. The Kier molecular flexibility index (Phi) is 5.24. The zero-order chi connectivity index (χ0) is 21.5. The van der Waals surface area contributed by atoms with Gasteiger partial charge in [-0.1, -0.05) is 0 Å². The molecule has 2 heterocycles. The number of hydrogen-bond acceptors (Lipinski definition) is 6. The first-order valence-electron chi connectivity index (χ1n) is 9.30. The van der Waals surface area contributed by atoms with Crippen LogP contribution in [0.3, 0.4) is 0 Å². The lowest BCUT2D eigenvalue weighted by molar-refractivity contribution is -0.346. The zero-order valence-corrected chi connectivity index (χ0v) is 16.5. The van der Waals surface area contributed by atoms with Crippen molar-refractivity contribution >= 4 is 44.8 Å². The van der Waals surface area contributed by atoms with E-state index in [1.165, 1.54) is 11.3 Å². The van der Waals surface area contributed by atoms with Crippen LogP contribution in [0, 0.1) is 5.82 Å². The summed E-state index contributed by atoms with van der Waals surface area (Å²) in [5.74, 6) is -4.73. The molecule has 0 saturated heterocycles. The number of H-pyrrole nitrogens is 1. The molecular weight excluding hydrogens is 417 g/mol. The zero-order valence-electron chi connectivity index (χ0n) is 15.7. The average Bonchev–Trinajstić information content (AvgIpc) is 3.15. The minimum atomic E-state index is -3.04. The van der Waals surface area contributed by atoms with Gasteiger partial charge in [0.25, 0.3) is 17.6 Å². The monoisotopic (exact) mass is 437 g/mol. The molecule has 7 N–H and O–H groups in total. The van der Waals surface area contributed by atoms with E-state index >= 15 is 0 Å². The van der Waals surface area contributed by atoms with Gasteiger partial charge < -0.3 is 11.5 Å². The van der Waals surface area contributed by atoms with Gasteiger partial charge in [0.1, 0.15) is 11.6 Å². The minimum absolute atomic E-state index is 0.110. The summed E-state index contributed by atoms with van der Waals surface area (Å²) in [6.45, 7) is 0. The van der Waals surface area contributed by atoms with Crippen LogP contribution in [0.1, 0.15) is 29.6 Å². The maximum absolute atomic E-state index is 14.6. The number of amides is 1. The van der Waals surface area contributed by atoms with Gasteiger partial charge in [0, 0.05) is 12.5 Å². The van der Waals surface area contributed by atoms with Crippen LogP contribution < -0.4 is 27.1 Å². The number of benzene rings is 1. The Morgan fingerprint density at radius 3 is 2.87 bits per heavy atom. The number of pyridine rings is 1. The number of hydrogen-bond donors (Lipinski definition) is 4. The Morgan fingerprint density at radius 1 is 1.30 bits per heavy atom. The van der Waals surface area contributed by atoms with Gasteiger partial charge in [-0.25, -0.2) is 18.7 Å². The largest absolute Gasteiger partial charge is 0.365 e. The van der Waals surface area contributed by atoms with E-state index in [4.69, 9.17) is 11.5 Å². The van der Waals surface area contributed by atoms with Gasteiger partial charge >= 0.3 is 0 Å². The Hall–Kier alpha value is -2.92. The van der Waals surface area contributed by atoms with E-state index in [9.17, 15) is 18.0 Å². The van der Waals surface area contributed by atoms with Gasteiger partial charge in [-0.2, -0.15) is 4.39 Å². The number of alkyl halides is 2. The van der Waals surface area contributed by atoms with Crippen molar-refractivity contribution < 1.29 is 22.9 Å². The second-order valence-electron chi connectivity index (χ2n) is 7.23. The fourth-order valence-electron chi connectivity index (χ4n) is 3.54. The summed E-state index contributed by atoms with van der Waals surface area (Å²) < 4.78 is 43.4. The van der Waals surface area contributed by atoms with E-state index in [-0.39, 0.29) is 30.0 Å². The van der Waals surface area contributed by atoms with Crippen molar-refractivity contribution in [3.8, 4) is 0 Å². The molecule has 7 nitrogen and oxygen atoms in total. The number of rotatable bonds is 5. The first-order valence-corrected chi connectivity index (χ1v) is 10.2. The standard InChI is InChI=1S/C19H19F3N6OS/c20-11-7-10(16(24)29)17(26-9-3-4-12-14(6-9)30-8-25-12)28-18(11)27-13-2-1-5-19(21,22)15(13)23/h3-4,6-8,13,15H,1-2,5,23H2,(H2,24,29)(H2,26,27,28)/p+1. The summed E-state index contributed by atoms with van der Waals surface area (Å²) in [5, 5.41) is 5.74. The van der Waals surface area contributed by atoms with Crippen LogP contribution in [-0.2, 0) is 0 Å². The predicted molar refractivity (Wildman–Crippen MR) is 109 cm³/mol. The highest BCUT2D eigenvalue weighted by molar-refractivity contribution is 7.16. The van der Waals surface area contributed by atoms with Crippen LogP contribution in [0.25, 0.3) is 10.2 Å².